The molecule has 21 heavy (non-hydrogen) atoms. The average molecular weight is 295 g/mol. The van der Waals surface area contributed by atoms with Gasteiger partial charge in [0.05, 0.1) is 13.2 Å². The molecule has 0 aliphatic carbocycles. The summed E-state index contributed by atoms with van der Waals surface area (Å²) in [5, 5.41) is 0. The Bertz CT molecular complexity index is 481. The van der Waals surface area contributed by atoms with E-state index in [1.54, 1.807) is 18.3 Å². The first-order chi connectivity index (χ1) is 10.2. The van der Waals surface area contributed by atoms with Crippen LogP contribution in [0.15, 0.2) is 23.1 Å². The number of rotatable bonds is 10. The third kappa shape index (κ3) is 6.47. The summed E-state index contributed by atoms with van der Waals surface area (Å²) in [5.74, 6) is -0.115. The maximum atomic E-state index is 12.1. The first kappa shape index (κ1) is 17.3. The molecule has 0 saturated carbocycles. The minimum atomic E-state index is -0.388. The number of hydrogen-bond donors (Lipinski definition) is 0. The van der Waals surface area contributed by atoms with E-state index in [0.29, 0.717) is 13.2 Å². The lowest BCUT2D eigenvalue weighted by molar-refractivity contribution is -0.144. The third-order valence-corrected chi connectivity index (χ3v) is 3.01. The lowest BCUT2D eigenvalue weighted by Crippen LogP contribution is -2.26. The van der Waals surface area contributed by atoms with Crippen LogP contribution < -0.4 is 10.3 Å². The summed E-state index contributed by atoms with van der Waals surface area (Å²) in [6.45, 7) is 4.93. The van der Waals surface area contributed by atoms with Gasteiger partial charge in [0.25, 0.3) is 5.56 Å². The Morgan fingerprint density at radius 3 is 2.67 bits per heavy atom. The molecular formula is C16H25NO4. The highest BCUT2D eigenvalue weighted by molar-refractivity contribution is 5.69. The molecule has 0 radical (unpaired) electrons. The number of aromatic nitrogens is 1. The number of carbonyl (C=O) groups is 1. The van der Waals surface area contributed by atoms with Gasteiger partial charge in [-0.2, -0.15) is 0 Å². The fraction of sp³-hybridized carbons (Fsp3) is 0.625. The molecule has 1 aromatic rings. The number of nitrogens with zero attached hydrogens (tertiary/aromatic N) is 1. The average Bonchev–Trinajstić information content (AvgIpc) is 2.48. The van der Waals surface area contributed by atoms with E-state index in [0.717, 1.165) is 32.1 Å². The van der Waals surface area contributed by atoms with Crippen LogP contribution in [0.4, 0.5) is 0 Å². The Morgan fingerprint density at radius 1 is 1.14 bits per heavy atom. The van der Waals surface area contributed by atoms with Crippen LogP contribution in [0.2, 0.25) is 0 Å². The smallest absolute Gasteiger partial charge is 0.326 e. The van der Waals surface area contributed by atoms with Crippen molar-refractivity contribution in [3.63, 3.8) is 0 Å². The van der Waals surface area contributed by atoms with Gasteiger partial charge in [-0.05, 0) is 25.0 Å². The van der Waals surface area contributed by atoms with Gasteiger partial charge >= 0.3 is 5.97 Å². The predicted molar refractivity (Wildman–Crippen MR) is 81.6 cm³/mol. The normalized spacial score (nSPS) is 10.4. The summed E-state index contributed by atoms with van der Waals surface area (Å²) in [6, 6.07) is 3.31. The minimum Gasteiger partial charge on any atom is -0.488 e. The second kappa shape index (κ2) is 10.0. The van der Waals surface area contributed by atoms with E-state index >= 15 is 0 Å². The van der Waals surface area contributed by atoms with Crippen molar-refractivity contribution < 1.29 is 14.3 Å². The number of esters is 1. The quantitative estimate of drug-likeness (QED) is 0.492. The van der Waals surface area contributed by atoms with Crippen molar-refractivity contribution in [2.75, 3.05) is 13.2 Å². The third-order valence-electron chi connectivity index (χ3n) is 3.01. The molecule has 0 amide bonds. The van der Waals surface area contributed by atoms with E-state index in [2.05, 4.69) is 6.92 Å². The molecule has 5 nitrogen and oxygen atoms in total. The van der Waals surface area contributed by atoms with E-state index in [9.17, 15) is 9.59 Å². The van der Waals surface area contributed by atoms with Crippen LogP contribution in [-0.2, 0) is 16.1 Å². The molecule has 5 heteroatoms. The Kier molecular flexibility index (Phi) is 8.24. The summed E-state index contributed by atoms with van der Waals surface area (Å²) in [7, 11) is 0. The van der Waals surface area contributed by atoms with Crippen LogP contribution in [0.3, 0.4) is 0 Å². The number of unbranched alkanes of at least 4 members (excludes halogenated alkanes) is 3. The maximum Gasteiger partial charge on any atom is 0.326 e. The van der Waals surface area contributed by atoms with Gasteiger partial charge in [0.2, 0.25) is 0 Å². The molecular weight excluding hydrogens is 270 g/mol. The molecule has 0 atom stereocenters. The van der Waals surface area contributed by atoms with E-state index in [1.165, 1.54) is 4.57 Å². The molecule has 0 aliphatic heterocycles. The van der Waals surface area contributed by atoms with Gasteiger partial charge in [0, 0.05) is 6.20 Å². The van der Waals surface area contributed by atoms with Crippen molar-refractivity contribution in [3.05, 3.63) is 28.7 Å². The minimum absolute atomic E-state index is 0.0735. The van der Waals surface area contributed by atoms with Gasteiger partial charge in [-0.1, -0.05) is 33.1 Å². The zero-order chi connectivity index (χ0) is 15.5. The van der Waals surface area contributed by atoms with Crippen LogP contribution in [0.5, 0.6) is 5.75 Å². The van der Waals surface area contributed by atoms with Crippen molar-refractivity contribution in [2.24, 2.45) is 0 Å². The van der Waals surface area contributed by atoms with Gasteiger partial charge < -0.3 is 14.0 Å². The second-order valence-electron chi connectivity index (χ2n) is 4.94. The summed E-state index contributed by atoms with van der Waals surface area (Å²) in [5.41, 5.74) is -0.297. The van der Waals surface area contributed by atoms with Crippen molar-refractivity contribution in [3.8, 4) is 5.75 Å². The molecule has 1 heterocycles. The number of hydrogen-bond acceptors (Lipinski definition) is 4. The summed E-state index contributed by atoms with van der Waals surface area (Å²) >= 11 is 0. The zero-order valence-electron chi connectivity index (χ0n) is 13.0. The topological polar surface area (TPSA) is 57.5 Å². The molecule has 0 aromatic carbocycles. The first-order valence-corrected chi connectivity index (χ1v) is 7.66. The number of pyridine rings is 1. The van der Waals surface area contributed by atoms with E-state index in [4.69, 9.17) is 9.47 Å². The first-order valence-electron chi connectivity index (χ1n) is 7.66. The summed E-state index contributed by atoms with van der Waals surface area (Å²) in [6.07, 6.45) is 6.62. The predicted octanol–water partition coefficient (Wildman–Crippen LogP) is 2.76. The van der Waals surface area contributed by atoms with E-state index in [1.807, 2.05) is 6.92 Å². The Morgan fingerprint density at radius 2 is 1.95 bits per heavy atom. The van der Waals surface area contributed by atoms with E-state index < -0.39 is 0 Å². The molecule has 118 valence electrons. The molecule has 0 spiro atoms. The number of carbonyl (C=O) groups excluding carboxylic acids is 1. The van der Waals surface area contributed by atoms with Gasteiger partial charge in [-0.3, -0.25) is 9.59 Å². The van der Waals surface area contributed by atoms with Crippen LogP contribution in [0, 0.1) is 0 Å². The second-order valence-corrected chi connectivity index (χ2v) is 4.94. The van der Waals surface area contributed by atoms with Gasteiger partial charge in [0.15, 0.2) is 5.75 Å². The van der Waals surface area contributed by atoms with Crippen molar-refractivity contribution in [1.29, 1.82) is 0 Å². The molecule has 1 rings (SSSR count). The lowest BCUT2D eigenvalue weighted by atomic mass is 10.2. The lowest BCUT2D eigenvalue weighted by Gasteiger charge is -2.09. The van der Waals surface area contributed by atoms with Crippen molar-refractivity contribution in [1.82, 2.24) is 4.57 Å². The molecule has 0 unspecified atom stereocenters. The number of ether oxygens (including phenoxy) is 2. The van der Waals surface area contributed by atoms with Crippen LogP contribution >= 0.6 is 0 Å². The molecule has 0 fully saturated rings. The standard InChI is InChI=1S/C16H25NO4/c1-3-5-6-7-12-21-15(18)13-17-10-8-9-14(16(17)19)20-11-4-2/h8-10H,3-7,11-13H2,1-2H3. The van der Waals surface area contributed by atoms with Crippen LogP contribution in [-0.4, -0.2) is 23.8 Å². The van der Waals surface area contributed by atoms with Gasteiger partial charge in [0.1, 0.15) is 6.54 Å². The van der Waals surface area contributed by atoms with Crippen molar-refractivity contribution >= 4 is 5.97 Å². The maximum absolute atomic E-state index is 12.1. The van der Waals surface area contributed by atoms with Gasteiger partial charge in [-0.15, -0.1) is 0 Å². The van der Waals surface area contributed by atoms with Crippen LogP contribution in [0.1, 0.15) is 46.0 Å². The largest absolute Gasteiger partial charge is 0.488 e. The van der Waals surface area contributed by atoms with Gasteiger partial charge in [-0.25, -0.2) is 0 Å². The van der Waals surface area contributed by atoms with E-state index in [-0.39, 0.29) is 23.8 Å². The highest BCUT2D eigenvalue weighted by atomic mass is 16.5. The summed E-state index contributed by atoms with van der Waals surface area (Å²) < 4.78 is 11.8. The summed E-state index contributed by atoms with van der Waals surface area (Å²) in [4.78, 5) is 23.8. The highest BCUT2D eigenvalue weighted by Gasteiger charge is 2.09. The molecule has 0 aliphatic rings. The SMILES string of the molecule is CCCCCCOC(=O)Cn1cccc(OCCC)c1=O. The highest BCUT2D eigenvalue weighted by Crippen LogP contribution is 2.03. The fourth-order valence-corrected chi connectivity index (χ4v) is 1.86. The fourth-order valence-electron chi connectivity index (χ4n) is 1.86. The Labute approximate surface area is 125 Å². The molecule has 1 aromatic heterocycles. The molecule has 0 bridgehead atoms. The Hall–Kier alpha value is -1.78. The van der Waals surface area contributed by atoms with Crippen molar-refractivity contribution in [2.45, 2.75) is 52.5 Å². The molecule has 0 N–H and O–H groups in total. The van der Waals surface area contributed by atoms with Crippen LogP contribution in [0.25, 0.3) is 0 Å². The molecule has 0 saturated heterocycles. The Balaban J connectivity index is 2.46. The zero-order valence-corrected chi connectivity index (χ0v) is 13.0. The monoisotopic (exact) mass is 295 g/mol.